The van der Waals surface area contributed by atoms with Gasteiger partial charge in [0.25, 0.3) is 0 Å². The van der Waals surface area contributed by atoms with Crippen LogP contribution in [0, 0.1) is 0 Å². The molecule has 0 radical (unpaired) electrons. The third-order valence-corrected chi connectivity index (χ3v) is 7.07. The van der Waals surface area contributed by atoms with Crippen LogP contribution in [0.4, 0.5) is 35.3 Å². The first-order chi connectivity index (χ1) is 18.7. The zero-order valence-corrected chi connectivity index (χ0v) is 22.0. The third kappa shape index (κ3) is 5.57. The Morgan fingerprint density at radius 1 is 1.26 bits per heavy atom. The van der Waals surface area contributed by atoms with Crippen LogP contribution in [-0.2, 0) is 10.9 Å². The molecule has 2 aliphatic rings. The molecule has 2 amide bonds. The number of aromatic nitrogens is 3. The van der Waals surface area contributed by atoms with Crippen LogP contribution in [0.15, 0.2) is 42.7 Å². The maximum Gasteiger partial charge on any atom is 0.416 e. The number of pyridine rings is 1. The summed E-state index contributed by atoms with van der Waals surface area (Å²) in [5, 5.41) is 2.94. The SMILES string of the molecule is CC[C@H](COc1cnc(NC(=O)N2c3nc(-c4cccc(C(F)(F)F)c4)c(Cl)cc3N3CC[C@H]2C3)cn1)OC. The Balaban J connectivity index is 1.41. The number of methoxy groups -OCH3 is 1. The molecular weight excluding hydrogens is 537 g/mol. The predicted molar refractivity (Wildman–Crippen MR) is 140 cm³/mol. The number of alkyl halides is 3. The minimum Gasteiger partial charge on any atom is -0.474 e. The van der Waals surface area contributed by atoms with Crippen LogP contribution < -0.4 is 19.9 Å². The fraction of sp³-hybridized carbons (Fsp3) is 0.385. The van der Waals surface area contributed by atoms with E-state index in [0.717, 1.165) is 18.6 Å². The molecule has 0 saturated carbocycles. The Morgan fingerprint density at radius 3 is 2.77 bits per heavy atom. The summed E-state index contributed by atoms with van der Waals surface area (Å²) < 4.78 is 50.9. The summed E-state index contributed by atoms with van der Waals surface area (Å²) in [5.74, 6) is 0.816. The van der Waals surface area contributed by atoms with Gasteiger partial charge in [0.15, 0.2) is 11.6 Å². The number of hydrogen-bond donors (Lipinski definition) is 1. The minimum absolute atomic E-state index is 0.0712. The number of carbonyl (C=O) groups is 1. The molecule has 13 heteroatoms. The van der Waals surface area contributed by atoms with Gasteiger partial charge in [-0.15, -0.1) is 0 Å². The van der Waals surface area contributed by atoms with E-state index in [-0.39, 0.29) is 34.2 Å². The number of nitrogens with one attached hydrogen (secondary N) is 1. The van der Waals surface area contributed by atoms with Crippen LogP contribution in [0.1, 0.15) is 25.3 Å². The zero-order valence-electron chi connectivity index (χ0n) is 21.2. The lowest BCUT2D eigenvalue weighted by Gasteiger charge is -2.36. The molecule has 1 N–H and O–H groups in total. The van der Waals surface area contributed by atoms with Crippen molar-refractivity contribution in [2.45, 2.75) is 38.1 Å². The second-order valence-corrected chi connectivity index (χ2v) is 9.65. The van der Waals surface area contributed by atoms with E-state index in [1.54, 1.807) is 13.2 Å². The number of halogens is 4. The maximum absolute atomic E-state index is 13.5. The van der Waals surface area contributed by atoms with Gasteiger partial charge in [0, 0.05) is 25.8 Å². The average molecular weight is 563 g/mol. The summed E-state index contributed by atoms with van der Waals surface area (Å²) in [6.45, 7) is 3.57. The largest absolute Gasteiger partial charge is 0.474 e. The van der Waals surface area contributed by atoms with Gasteiger partial charge >= 0.3 is 12.2 Å². The number of carbonyl (C=O) groups excluding carboxylic acids is 1. The number of hydrogen-bond acceptors (Lipinski definition) is 7. The molecule has 2 aliphatic heterocycles. The van der Waals surface area contributed by atoms with E-state index in [1.165, 1.54) is 29.4 Å². The van der Waals surface area contributed by atoms with Gasteiger partial charge in [0.2, 0.25) is 5.88 Å². The number of anilines is 3. The maximum atomic E-state index is 13.5. The van der Waals surface area contributed by atoms with Gasteiger partial charge in [-0.25, -0.2) is 19.7 Å². The molecular formula is C26H26ClF3N6O3. The zero-order chi connectivity index (χ0) is 27.7. The van der Waals surface area contributed by atoms with E-state index in [9.17, 15) is 18.0 Å². The molecule has 2 bridgehead atoms. The molecule has 2 aromatic heterocycles. The lowest BCUT2D eigenvalue weighted by atomic mass is 10.1. The average Bonchev–Trinajstić information content (AvgIpc) is 3.34. The highest BCUT2D eigenvalue weighted by Gasteiger charge is 2.41. The van der Waals surface area contributed by atoms with Crippen molar-refractivity contribution in [1.29, 1.82) is 0 Å². The first-order valence-corrected chi connectivity index (χ1v) is 12.8. The number of urea groups is 1. The molecule has 0 spiro atoms. The molecule has 1 fully saturated rings. The van der Waals surface area contributed by atoms with Gasteiger partial charge in [0.1, 0.15) is 6.61 Å². The monoisotopic (exact) mass is 562 g/mol. The third-order valence-electron chi connectivity index (χ3n) is 6.78. The van der Waals surface area contributed by atoms with Crippen LogP contribution >= 0.6 is 11.6 Å². The minimum atomic E-state index is -4.52. The van der Waals surface area contributed by atoms with Crippen molar-refractivity contribution in [3.63, 3.8) is 0 Å². The van der Waals surface area contributed by atoms with Crippen LogP contribution in [-0.4, -0.2) is 59.9 Å². The standard InChI is InChI=1S/C26H26ClF3N6O3/c1-3-18(38-2)14-39-22-12-31-21(11-32-22)33-25(37)36-17-7-8-35(13-17)20-10-19(27)23(34-24(20)36)15-5-4-6-16(9-15)26(28,29)30/h4-6,9-12,17-18H,3,7-8,13-14H2,1-2H3,(H,31,33,37)/t17-,18+/m0/s1. The van der Waals surface area contributed by atoms with E-state index < -0.39 is 17.8 Å². The first-order valence-electron chi connectivity index (χ1n) is 12.4. The summed E-state index contributed by atoms with van der Waals surface area (Å²) in [6.07, 6.45) is -0.326. The Bertz CT molecular complexity index is 1350. The molecule has 2 atom stereocenters. The fourth-order valence-electron chi connectivity index (χ4n) is 4.69. The van der Waals surface area contributed by atoms with Gasteiger partial charge in [-0.2, -0.15) is 13.2 Å². The number of rotatable bonds is 7. The van der Waals surface area contributed by atoms with Crippen molar-refractivity contribution in [2.24, 2.45) is 0 Å². The van der Waals surface area contributed by atoms with Crippen molar-refractivity contribution in [3.8, 4) is 17.1 Å². The summed E-state index contributed by atoms with van der Waals surface area (Å²) >= 11 is 6.51. The summed E-state index contributed by atoms with van der Waals surface area (Å²) in [6, 6.07) is 5.77. The molecule has 39 heavy (non-hydrogen) atoms. The van der Waals surface area contributed by atoms with Gasteiger partial charge in [-0.3, -0.25) is 10.2 Å². The van der Waals surface area contributed by atoms with Gasteiger partial charge in [-0.05, 0) is 31.0 Å². The van der Waals surface area contributed by atoms with Crippen molar-refractivity contribution in [3.05, 3.63) is 53.3 Å². The molecule has 206 valence electrons. The topological polar surface area (TPSA) is 92.7 Å². The van der Waals surface area contributed by atoms with Crippen LogP contribution in [0.5, 0.6) is 5.88 Å². The number of ether oxygens (including phenoxy) is 2. The highest BCUT2D eigenvalue weighted by molar-refractivity contribution is 6.33. The molecule has 9 nitrogen and oxygen atoms in total. The highest BCUT2D eigenvalue weighted by Crippen LogP contribution is 2.43. The number of amides is 2. The molecule has 1 saturated heterocycles. The van der Waals surface area contributed by atoms with Gasteiger partial charge in [0.05, 0.1) is 46.5 Å². The highest BCUT2D eigenvalue weighted by atomic mass is 35.5. The van der Waals surface area contributed by atoms with Crippen molar-refractivity contribution < 1.29 is 27.4 Å². The van der Waals surface area contributed by atoms with Gasteiger partial charge in [-0.1, -0.05) is 30.7 Å². The summed E-state index contributed by atoms with van der Waals surface area (Å²) in [7, 11) is 1.61. The predicted octanol–water partition coefficient (Wildman–Crippen LogP) is 5.65. The van der Waals surface area contributed by atoms with E-state index in [1.807, 2.05) is 6.92 Å². The van der Waals surface area contributed by atoms with Gasteiger partial charge < -0.3 is 14.4 Å². The smallest absolute Gasteiger partial charge is 0.416 e. The molecule has 4 heterocycles. The van der Waals surface area contributed by atoms with E-state index >= 15 is 0 Å². The Morgan fingerprint density at radius 2 is 2.08 bits per heavy atom. The quantitative estimate of drug-likeness (QED) is 0.398. The van der Waals surface area contributed by atoms with Crippen LogP contribution in [0.25, 0.3) is 11.3 Å². The molecule has 5 rings (SSSR count). The second kappa shape index (κ2) is 10.9. The van der Waals surface area contributed by atoms with E-state index in [0.29, 0.717) is 43.5 Å². The fourth-order valence-corrected chi connectivity index (χ4v) is 4.94. The normalized spacial score (nSPS) is 17.1. The van der Waals surface area contributed by atoms with E-state index in [2.05, 4.69) is 25.2 Å². The van der Waals surface area contributed by atoms with Crippen molar-refractivity contribution in [1.82, 2.24) is 15.0 Å². The van der Waals surface area contributed by atoms with Crippen LogP contribution in [0.2, 0.25) is 5.02 Å². The Kier molecular flexibility index (Phi) is 7.50. The Hall–Kier alpha value is -3.64. The van der Waals surface area contributed by atoms with Crippen LogP contribution in [0.3, 0.4) is 0 Å². The number of benzene rings is 1. The lowest BCUT2D eigenvalue weighted by Crippen LogP contribution is -2.48. The number of fused-ring (bicyclic) bond motifs is 4. The second-order valence-electron chi connectivity index (χ2n) is 9.25. The number of nitrogens with zero attached hydrogens (tertiary/aromatic N) is 5. The molecule has 0 aliphatic carbocycles. The van der Waals surface area contributed by atoms with Crippen molar-refractivity contribution >= 4 is 35.0 Å². The summed E-state index contributed by atoms with van der Waals surface area (Å²) in [4.78, 5) is 30.1. The molecule has 0 unspecified atom stereocenters. The lowest BCUT2D eigenvalue weighted by molar-refractivity contribution is -0.137. The molecule has 3 aromatic rings. The summed E-state index contributed by atoms with van der Waals surface area (Å²) in [5.41, 5.74) is 0.182. The molecule has 1 aromatic carbocycles. The Labute approximate surface area is 227 Å². The van der Waals surface area contributed by atoms with Crippen molar-refractivity contribution in [2.75, 3.05) is 41.9 Å². The van der Waals surface area contributed by atoms with E-state index in [4.69, 9.17) is 21.1 Å². The first kappa shape index (κ1) is 26.9.